The average Bonchev–Trinajstić information content (AvgIpc) is 2.96. The van der Waals surface area contributed by atoms with Crippen LogP contribution in [-0.4, -0.2) is 45.7 Å². The lowest BCUT2D eigenvalue weighted by Gasteiger charge is -2.28. The molecule has 0 spiro atoms. The van der Waals surface area contributed by atoms with E-state index in [1.165, 1.54) is 128 Å². The van der Waals surface area contributed by atoms with Gasteiger partial charge in [-0.15, -0.1) is 0 Å². The van der Waals surface area contributed by atoms with Crippen molar-refractivity contribution >= 4 is 7.26 Å². The molecule has 0 saturated carbocycles. The molecular weight excluding hydrogens is 565 g/mol. The van der Waals surface area contributed by atoms with Crippen molar-refractivity contribution in [2.45, 2.75) is 188 Å². The van der Waals surface area contributed by atoms with E-state index < -0.39 is 28.3 Å². The molecule has 0 bridgehead atoms. The lowest BCUT2D eigenvalue weighted by molar-refractivity contribution is -0.912. The predicted molar refractivity (Wildman–Crippen MR) is 185 cm³/mol. The molecule has 0 aromatic heterocycles. The van der Waals surface area contributed by atoms with Crippen molar-refractivity contribution in [2.75, 3.05) is 24.6 Å². The minimum Gasteiger partial charge on any atom is -0.253 e. The van der Waals surface area contributed by atoms with Crippen LogP contribution in [0.4, 0.5) is 0 Å². The van der Waals surface area contributed by atoms with Gasteiger partial charge in [-0.25, -0.2) is 0 Å². The van der Waals surface area contributed by atoms with Crippen molar-refractivity contribution in [3.8, 4) is 0 Å². The maximum absolute atomic E-state index is 9.50. The smallest absolute Gasteiger partial charge is 0.253 e. The summed E-state index contributed by atoms with van der Waals surface area (Å²) in [4.78, 5) is 23.8. The van der Waals surface area contributed by atoms with Gasteiger partial charge in [0.25, 0.3) is 0 Å². The molecule has 0 aliphatic carbocycles. The van der Waals surface area contributed by atoms with E-state index in [0.717, 1.165) is 0 Å². The maximum atomic E-state index is 9.50. The van der Waals surface area contributed by atoms with Gasteiger partial charge in [-0.2, -0.15) is 0 Å². The predicted octanol–water partition coefficient (Wildman–Crippen LogP) is 11.5. The highest BCUT2D eigenvalue weighted by molar-refractivity contribution is 7.75. The van der Waals surface area contributed by atoms with Crippen molar-refractivity contribution < 1.29 is 14.8 Å². The first kappa shape index (κ1) is 43.8. The second kappa shape index (κ2) is 32.0. The average molecular weight is 635 g/mol. The molecule has 0 amide bonds. The third kappa shape index (κ3) is 27.9. The zero-order valence-corrected chi connectivity index (χ0v) is 29.5. The van der Waals surface area contributed by atoms with Crippen LogP contribution in [0.2, 0.25) is 0 Å². The number of nitrogens with zero attached hydrogens (tertiary/aromatic N) is 3. The first-order chi connectivity index (χ1) is 20.7. The van der Waals surface area contributed by atoms with Gasteiger partial charge in [-0.1, -0.05) is 130 Å². The second-order valence-electron chi connectivity index (χ2n) is 12.5. The van der Waals surface area contributed by atoms with E-state index in [0.29, 0.717) is 0 Å². The molecule has 0 N–H and O–H groups in total. The Hall–Kier alpha value is -1.37. The van der Waals surface area contributed by atoms with Crippen LogP contribution in [0.1, 0.15) is 182 Å². The third-order valence-electron chi connectivity index (χ3n) is 8.51. The molecule has 0 aliphatic heterocycles. The summed E-state index contributed by atoms with van der Waals surface area (Å²) in [7, 11) is -0.697. The molecular formula is C33H69N3O6P+. The van der Waals surface area contributed by atoms with E-state index in [9.17, 15) is 30.3 Å². The van der Waals surface area contributed by atoms with E-state index in [2.05, 4.69) is 27.7 Å². The number of rotatable bonds is 31. The summed E-state index contributed by atoms with van der Waals surface area (Å²) in [6.45, 7) is 9.41. The standard InChI is InChI=1S/C32H68P.CHN3O6/c1-5-9-13-17-18-19-20-21-22-23-24-28-32-33(29-25-14-10-6-2,30-26-15-11-7-3)31-27-16-12-8-4;5-2(6)1(3(7)8)4(9)10/h5-32H2,1-4H3;1H/q+1;. The Labute approximate surface area is 264 Å². The van der Waals surface area contributed by atoms with E-state index >= 15 is 0 Å². The fourth-order valence-electron chi connectivity index (χ4n) is 5.81. The number of hydrogen-bond acceptors (Lipinski definition) is 6. The second-order valence-corrected chi connectivity index (χ2v) is 17.0. The van der Waals surface area contributed by atoms with Crippen LogP contribution in [0.5, 0.6) is 0 Å². The van der Waals surface area contributed by atoms with E-state index in [4.69, 9.17) is 0 Å². The zero-order valence-electron chi connectivity index (χ0n) is 28.6. The Kier molecular flexibility index (Phi) is 32.6. The monoisotopic (exact) mass is 634 g/mol. The summed E-state index contributed by atoms with van der Waals surface area (Å²) in [5.41, 5.74) is 0. The van der Waals surface area contributed by atoms with Crippen LogP contribution in [0.15, 0.2) is 0 Å². The normalized spacial score (nSPS) is 11.4. The molecule has 43 heavy (non-hydrogen) atoms. The molecule has 0 saturated heterocycles. The molecule has 0 heterocycles. The van der Waals surface area contributed by atoms with Gasteiger partial charge in [0.1, 0.15) is 0 Å². The molecule has 256 valence electrons. The highest BCUT2D eigenvalue weighted by Gasteiger charge is 2.45. The summed E-state index contributed by atoms with van der Waals surface area (Å²) >= 11 is 0. The summed E-state index contributed by atoms with van der Waals surface area (Å²) in [6, 6.07) is 0. The molecule has 0 fully saturated rings. The molecule has 0 aromatic rings. The van der Waals surface area contributed by atoms with Crippen LogP contribution < -0.4 is 0 Å². The van der Waals surface area contributed by atoms with Gasteiger partial charge in [0, 0.05) is 7.26 Å². The largest absolute Gasteiger partial charge is 0.693 e. The van der Waals surface area contributed by atoms with Gasteiger partial charge in [-0.3, -0.25) is 30.3 Å². The summed E-state index contributed by atoms with van der Waals surface area (Å²) in [6.07, 6.45) is 39.1. The lowest BCUT2D eigenvalue weighted by atomic mass is 10.1. The number of nitro groups is 3. The topological polar surface area (TPSA) is 129 Å². The Bertz CT molecular complexity index is 604. The van der Waals surface area contributed by atoms with Crippen LogP contribution in [0.25, 0.3) is 0 Å². The molecule has 0 unspecified atom stereocenters. The van der Waals surface area contributed by atoms with Crippen LogP contribution in [0, 0.1) is 30.3 Å². The SMILES string of the molecule is CCCCCCCCCCCCCC[P+](CCCCCC)(CCCCCC)CCCCCC.O=[N+]([O-])C([N+](=O)[O-])[N+](=O)[O-]. The minimum absolute atomic E-state index is 0.697. The van der Waals surface area contributed by atoms with Crippen molar-refractivity contribution in [3.63, 3.8) is 0 Å². The first-order valence-electron chi connectivity index (χ1n) is 18.0. The fourth-order valence-corrected chi connectivity index (χ4v) is 10.7. The van der Waals surface area contributed by atoms with Gasteiger partial charge in [0.15, 0.2) is 14.8 Å². The lowest BCUT2D eigenvalue weighted by Crippen LogP contribution is -2.36. The molecule has 0 aliphatic rings. The zero-order chi connectivity index (χ0) is 32.6. The third-order valence-corrected chi connectivity index (χ3v) is 13.6. The molecule has 0 radical (unpaired) electrons. The Morgan fingerprint density at radius 1 is 0.372 bits per heavy atom. The fraction of sp³-hybridized carbons (Fsp3) is 1.00. The quantitative estimate of drug-likeness (QED) is 0.0245. The molecule has 10 heteroatoms. The molecule has 0 aromatic carbocycles. The van der Waals surface area contributed by atoms with Crippen molar-refractivity contribution in [3.05, 3.63) is 30.3 Å². The van der Waals surface area contributed by atoms with Gasteiger partial charge >= 0.3 is 6.29 Å². The molecule has 9 nitrogen and oxygen atoms in total. The highest BCUT2D eigenvalue weighted by atomic mass is 31.2. The minimum atomic E-state index is -2.94. The maximum Gasteiger partial charge on any atom is 0.693 e. The Balaban J connectivity index is 0. The van der Waals surface area contributed by atoms with Crippen molar-refractivity contribution in [2.24, 2.45) is 0 Å². The molecule has 0 rings (SSSR count). The van der Waals surface area contributed by atoms with Crippen LogP contribution in [-0.2, 0) is 0 Å². The van der Waals surface area contributed by atoms with E-state index in [-0.39, 0.29) is 0 Å². The van der Waals surface area contributed by atoms with Crippen LogP contribution in [0.3, 0.4) is 0 Å². The Morgan fingerprint density at radius 2 is 0.558 bits per heavy atom. The van der Waals surface area contributed by atoms with Crippen LogP contribution >= 0.6 is 7.26 Å². The first-order valence-corrected chi connectivity index (χ1v) is 20.5. The summed E-state index contributed by atoms with van der Waals surface area (Å²) < 4.78 is 0. The number of unbranched alkanes of at least 4 members (excludes halogenated alkanes) is 20. The van der Waals surface area contributed by atoms with E-state index in [1.807, 2.05) is 0 Å². The van der Waals surface area contributed by atoms with Gasteiger partial charge in [0.05, 0.1) is 24.6 Å². The van der Waals surface area contributed by atoms with Gasteiger partial charge in [0.2, 0.25) is 0 Å². The van der Waals surface area contributed by atoms with Crippen molar-refractivity contribution in [1.82, 2.24) is 0 Å². The number of hydrogen-bond donors (Lipinski definition) is 0. The van der Waals surface area contributed by atoms with Crippen molar-refractivity contribution in [1.29, 1.82) is 0 Å². The summed E-state index contributed by atoms with van der Waals surface area (Å²) in [5, 5.41) is 28.5. The molecule has 0 atom stereocenters. The van der Waals surface area contributed by atoms with E-state index in [1.54, 1.807) is 50.3 Å². The highest BCUT2D eigenvalue weighted by Crippen LogP contribution is 2.61. The summed E-state index contributed by atoms with van der Waals surface area (Å²) in [5.74, 6) is 0. The Morgan fingerprint density at radius 3 is 0.744 bits per heavy atom. The van der Waals surface area contributed by atoms with Gasteiger partial charge < -0.3 is 0 Å². The van der Waals surface area contributed by atoms with Gasteiger partial charge in [-0.05, 0) is 51.4 Å².